The van der Waals surface area contributed by atoms with E-state index in [0.717, 1.165) is 31.6 Å². The number of nitrogens with one attached hydrogen (secondary N) is 1. The molecule has 0 saturated carbocycles. The summed E-state index contributed by atoms with van der Waals surface area (Å²) in [6.07, 6.45) is 0.831. The summed E-state index contributed by atoms with van der Waals surface area (Å²) in [6, 6.07) is 12.8. The van der Waals surface area contributed by atoms with Crippen LogP contribution in [0.5, 0.6) is 0 Å². The molecular formula is C25H31ClN4O2S. The first-order valence-electron chi connectivity index (χ1n) is 11.3. The molecule has 6 nitrogen and oxygen atoms in total. The first-order chi connectivity index (χ1) is 15.8. The minimum atomic E-state index is -0.453. The Morgan fingerprint density at radius 3 is 2.64 bits per heavy atom. The first-order valence-corrected chi connectivity index (χ1v) is 12.6. The maximum Gasteiger partial charge on any atom is 0.262 e. The number of carbonyl (C=O) groups excluding carboxylic acids is 1. The number of hydrogen-bond acceptors (Lipinski definition) is 5. The number of rotatable bonds is 10. The third-order valence-electron chi connectivity index (χ3n) is 5.75. The Balaban J connectivity index is 1.84. The molecule has 0 fully saturated rings. The van der Waals surface area contributed by atoms with Crippen LogP contribution in [0.15, 0.2) is 52.4 Å². The van der Waals surface area contributed by atoms with Crippen molar-refractivity contribution in [3.63, 3.8) is 0 Å². The fourth-order valence-corrected chi connectivity index (χ4v) is 4.73. The predicted molar refractivity (Wildman–Crippen MR) is 139 cm³/mol. The molecule has 1 amide bonds. The molecule has 0 aliphatic carbocycles. The van der Waals surface area contributed by atoms with Crippen LogP contribution in [0.25, 0.3) is 10.9 Å². The van der Waals surface area contributed by atoms with Gasteiger partial charge in [0.05, 0.1) is 16.2 Å². The molecule has 0 unspecified atom stereocenters. The summed E-state index contributed by atoms with van der Waals surface area (Å²) in [5.41, 5.74) is 2.08. The lowest BCUT2D eigenvalue weighted by Crippen LogP contribution is -2.29. The Morgan fingerprint density at radius 1 is 1.18 bits per heavy atom. The molecule has 176 valence electrons. The van der Waals surface area contributed by atoms with Gasteiger partial charge in [-0.2, -0.15) is 0 Å². The lowest BCUT2D eigenvalue weighted by atomic mass is 10.2. The van der Waals surface area contributed by atoms with Crippen molar-refractivity contribution in [2.75, 3.05) is 25.0 Å². The second-order valence-corrected chi connectivity index (χ2v) is 9.63. The maximum atomic E-state index is 13.3. The summed E-state index contributed by atoms with van der Waals surface area (Å²) in [4.78, 5) is 33.3. The van der Waals surface area contributed by atoms with Crippen molar-refractivity contribution in [2.24, 2.45) is 0 Å². The van der Waals surface area contributed by atoms with Crippen molar-refractivity contribution < 1.29 is 4.79 Å². The molecular weight excluding hydrogens is 456 g/mol. The molecule has 2 aromatic carbocycles. The van der Waals surface area contributed by atoms with Crippen LogP contribution in [-0.2, 0) is 11.3 Å². The number of anilines is 1. The zero-order chi connectivity index (χ0) is 24.0. The highest BCUT2D eigenvalue weighted by atomic mass is 35.5. The number of carbonyl (C=O) groups is 1. The normalized spacial score (nSPS) is 12.3. The second-order valence-electron chi connectivity index (χ2n) is 7.91. The SMILES string of the molecule is CCN(CC)CCCn1c(S[C@@H](C)C(=O)Nc2cccc(Cl)c2C)nc2ccccc2c1=O. The van der Waals surface area contributed by atoms with E-state index in [0.29, 0.717) is 33.3 Å². The van der Waals surface area contributed by atoms with Crippen molar-refractivity contribution in [3.8, 4) is 0 Å². The Bertz CT molecular complexity index is 1180. The van der Waals surface area contributed by atoms with Gasteiger partial charge in [-0.15, -0.1) is 0 Å². The molecule has 1 N–H and O–H groups in total. The van der Waals surface area contributed by atoms with Gasteiger partial charge in [-0.25, -0.2) is 4.98 Å². The van der Waals surface area contributed by atoms with Crippen LogP contribution in [0.2, 0.25) is 5.02 Å². The van der Waals surface area contributed by atoms with E-state index >= 15 is 0 Å². The van der Waals surface area contributed by atoms with Gasteiger partial charge < -0.3 is 10.2 Å². The molecule has 33 heavy (non-hydrogen) atoms. The Morgan fingerprint density at radius 2 is 1.91 bits per heavy atom. The zero-order valence-electron chi connectivity index (χ0n) is 19.6. The quantitative estimate of drug-likeness (QED) is 0.315. The molecule has 0 spiro atoms. The van der Waals surface area contributed by atoms with Crippen LogP contribution in [0.3, 0.4) is 0 Å². The molecule has 1 heterocycles. The fourth-order valence-electron chi connectivity index (χ4n) is 3.62. The van der Waals surface area contributed by atoms with E-state index in [-0.39, 0.29) is 11.5 Å². The predicted octanol–water partition coefficient (Wildman–Crippen LogP) is 5.21. The number of fused-ring (bicyclic) bond motifs is 1. The molecule has 0 aliphatic heterocycles. The van der Waals surface area contributed by atoms with Gasteiger partial charge in [-0.1, -0.05) is 55.4 Å². The summed E-state index contributed by atoms with van der Waals surface area (Å²) < 4.78 is 1.71. The molecule has 3 aromatic rings. The third kappa shape index (κ3) is 6.16. The van der Waals surface area contributed by atoms with Gasteiger partial charge in [0, 0.05) is 17.3 Å². The number of benzene rings is 2. The molecule has 0 radical (unpaired) electrons. The van der Waals surface area contributed by atoms with Gasteiger partial charge in [0.25, 0.3) is 5.56 Å². The fraction of sp³-hybridized carbons (Fsp3) is 0.400. The summed E-state index contributed by atoms with van der Waals surface area (Å²) in [5, 5.41) is 4.25. The Labute approximate surface area is 204 Å². The van der Waals surface area contributed by atoms with E-state index in [1.54, 1.807) is 22.8 Å². The number of para-hydroxylation sites is 1. The standard InChI is InChI=1S/C25H31ClN4O2S/c1-5-29(6-2)15-10-16-30-24(32)19-11-7-8-13-22(19)28-25(30)33-18(4)23(31)27-21-14-9-12-20(26)17(21)3/h7-9,11-14,18H,5-6,10,15-16H2,1-4H3,(H,27,31)/t18-/m0/s1. The van der Waals surface area contributed by atoms with E-state index in [4.69, 9.17) is 16.6 Å². The molecule has 0 bridgehead atoms. The summed E-state index contributed by atoms with van der Waals surface area (Å²) in [7, 11) is 0. The van der Waals surface area contributed by atoms with Crippen LogP contribution in [-0.4, -0.2) is 45.2 Å². The van der Waals surface area contributed by atoms with Crippen molar-refractivity contribution in [1.29, 1.82) is 0 Å². The van der Waals surface area contributed by atoms with Gasteiger partial charge in [-0.05, 0) is 69.7 Å². The van der Waals surface area contributed by atoms with Crippen LogP contribution < -0.4 is 10.9 Å². The van der Waals surface area contributed by atoms with Crippen molar-refractivity contribution in [3.05, 3.63) is 63.4 Å². The average Bonchev–Trinajstić information content (AvgIpc) is 2.81. The maximum absolute atomic E-state index is 13.3. The van der Waals surface area contributed by atoms with Gasteiger partial charge in [0.15, 0.2) is 5.16 Å². The topological polar surface area (TPSA) is 67.2 Å². The number of hydrogen-bond donors (Lipinski definition) is 1. The molecule has 1 aromatic heterocycles. The summed E-state index contributed by atoms with van der Waals surface area (Å²) >= 11 is 7.48. The van der Waals surface area contributed by atoms with Crippen LogP contribution >= 0.6 is 23.4 Å². The number of halogens is 1. The number of nitrogens with zero attached hydrogens (tertiary/aromatic N) is 3. The third-order valence-corrected chi connectivity index (χ3v) is 7.25. The lowest BCUT2D eigenvalue weighted by Gasteiger charge is -2.20. The largest absolute Gasteiger partial charge is 0.325 e. The van der Waals surface area contributed by atoms with Crippen LogP contribution in [0.1, 0.15) is 32.8 Å². The minimum absolute atomic E-state index is 0.0686. The van der Waals surface area contributed by atoms with Gasteiger partial charge in [0.2, 0.25) is 5.91 Å². The van der Waals surface area contributed by atoms with Crippen molar-refractivity contribution in [2.45, 2.75) is 51.1 Å². The van der Waals surface area contributed by atoms with Gasteiger partial charge >= 0.3 is 0 Å². The van der Waals surface area contributed by atoms with E-state index in [1.165, 1.54) is 11.8 Å². The molecule has 0 saturated heterocycles. The first kappa shape index (κ1) is 25.3. The summed E-state index contributed by atoms with van der Waals surface area (Å²) in [5.74, 6) is -0.164. The monoisotopic (exact) mass is 486 g/mol. The van der Waals surface area contributed by atoms with Crippen LogP contribution in [0, 0.1) is 6.92 Å². The second kappa shape index (κ2) is 11.7. The molecule has 1 atom stereocenters. The highest BCUT2D eigenvalue weighted by molar-refractivity contribution is 8.00. The van der Waals surface area contributed by atoms with E-state index in [2.05, 4.69) is 24.1 Å². The number of amides is 1. The summed E-state index contributed by atoms with van der Waals surface area (Å²) in [6.45, 7) is 11.4. The number of thioether (sulfide) groups is 1. The highest BCUT2D eigenvalue weighted by Gasteiger charge is 2.20. The van der Waals surface area contributed by atoms with Crippen LogP contribution in [0.4, 0.5) is 5.69 Å². The number of aromatic nitrogens is 2. The highest BCUT2D eigenvalue weighted by Crippen LogP contribution is 2.26. The Kier molecular flexibility index (Phi) is 8.95. The van der Waals surface area contributed by atoms with Crippen molar-refractivity contribution >= 4 is 45.9 Å². The van der Waals surface area contributed by atoms with E-state index in [9.17, 15) is 9.59 Å². The van der Waals surface area contributed by atoms with Gasteiger partial charge in [-0.3, -0.25) is 14.2 Å². The molecule has 3 rings (SSSR count). The molecule has 8 heteroatoms. The van der Waals surface area contributed by atoms with Crippen molar-refractivity contribution in [1.82, 2.24) is 14.5 Å². The van der Waals surface area contributed by atoms with Gasteiger partial charge in [0.1, 0.15) is 0 Å². The smallest absolute Gasteiger partial charge is 0.262 e. The Hall–Kier alpha value is -2.35. The lowest BCUT2D eigenvalue weighted by molar-refractivity contribution is -0.115. The average molecular weight is 487 g/mol. The van der Waals surface area contributed by atoms with E-state index < -0.39 is 5.25 Å². The zero-order valence-corrected chi connectivity index (χ0v) is 21.2. The minimum Gasteiger partial charge on any atom is -0.325 e. The molecule has 0 aliphatic rings. The van der Waals surface area contributed by atoms with E-state index in [1.807, 2.05) is 38.1 Å².